The minimum Gasteiger partial charge on any atom is -0.383 e. The normalized spacial score (nSPS) is 23.8. The molecule has 1 atom stereocenters. The van der Waals surface area contributed by atoms with E-state index in [0.717, 1.165) is 0 Å². The highest BCUT2D eigenvalue weighted by atomic mass is 16.5. The van der Waals surface area contributed by atoms with Gasteiger partial charge in [0.1, 0.15) is 0 Å². The first kappa shape index (κ1) is 12.0. The zero-order chi connectivity index (χ0) is 10.6. The van der Waals surface area contributed by atoms with E-state index in [2.05, 4.69) is 19.0 Å². The molecule has 0 aromatic heterocycles. The van der Waals surface area contributed by atoms with Gasteiger partial charge in [-0.2, -0.15) is 0 Å². The molecule has 0 aromatic carbocycles. The minimum absolute atomic E-state index is 0.141. The van der Waals surface area contributed by atoms with Crippen molar-refractivity contribution >= 4 is 0 Å². The van der Waals surface area contributed by atoms with E-state index in [9.17, 15) is 0 Å². The Morgan fingerprint density at radius 2 is 1.86 bits per heavy atom. The van der Waals surface area contributed by atoms with E-state index in [0.29, 0.717) is 6.61 Å². The van der Waals surface area contributed by atoms with Crippen molar-refractivity contribution in [2.75, 3.05) is 27.8 Å². The number of nitrogens with zero attached hydrogens (tertiary/aromatic N) is 1. The number of methoxy groups -OCH3 is 1. The maximum absolute atomic E-state index is 6.23. The molecule has 0 aromatic rings. The third kappa shape index (κ3) is 2.27. The molecule has 0 saturated heterocycles. The van der Waals surface area contributed by atoms with Crippen molar-refractivity contribution in [1.29, 1.82) is 0 Å². The lowest BCUT2D eigenvalue weighted by Gasteiger charge is -2.47. The Morgan fingerprint density at radius 3 is 2.29 bits per heavy atom. The van der Waals surface area contributed by atoms with Gasteiger partial charge < -0.3 is 15.4 Å². The number of rotatable bonds is 4. The molecule has 1 unspecified atom stereocenters. The van der Waals surface area contributed by atoms with Gasteiger partial charge in [-0.25, -0.2) is 0 Å². The van der Waals surface area contributed by atoms with Crippen LogP contribution in [0.2, 0.25) is 0 Å². The van der Waals surface area contributed by atoms with Crippen molar-refractivity contribution in [3.8, 4) is 0 Å². The van der Waals surface area contributed by atoms with Crippen molar-refractivity contribution in [3.05, 3.63) is 0 Å². The molecule has 1 aliphatic rings. The van der Waals surface area contributed by atoms with Crippen LogP contribution in [0.25, 0.3) is 0 Å². The molecule has 1 rings (SSSR count). The fourth-order valence-corrected chi connectivity index (χ4v) is 2.65. The highest BCUT2D eigenvalue weighted by molar-refractivity contribution is 4.98. The Hall–Kier alpha value is -0.120. The maximum Gasteiger partial charge on any atom is 0.0631 e. The second-order valence-corrected chi connectivity index (χ2v) is 4.62. The predicted octanol–water partition coefficient (Wildman–Crippen LogP) is 1.22. The number of likely N-dealkylation sites (N-methyl/N-ethyl adjacent to an activating group) is 1. The molecule has 0 radical (unpaired) electrons. The van der Waals surface area contributed by atoms with Crippen molar-refractivity contribution in [1.82, 2.24) is 4.90 Å². The Bertz CT molecular complexity index is 165. The third-order valence-electron chi connectivity index (χ3n) is 3.65. The van der Waals surface area contributed by atoms with Crippen molar-refractivity contribution < 1.29 is 4.74 Å². The summed E-state index contributed by atoms with van der Waals surface area (Å²) in [5, 5.41) is 0. The first-order chi connectivity index (χ1) is 6.63. The summed E-state index contributed by atoms with van der Waals surface area (Å²) in [7, 11) is 6.01. The monoisotopic (exact) mass is 200 g/mol. The van der Waals surface area contributed by atoms with Gasteiger partial charge in [0.15, 0.2) is 0 Å². The maximum atomic E-state index is 6.23. The lowest BCUT2D eigenvalue weighted by Crippen LogP contribution is -2.60. The number of hydrogen-bond acceptors (Lipinski definition) is 3. The van der Waals surface area contributed by atoms with E-state index in [1.807, 2.05) is 0 Å². The van der Waals surface area contributed by atoms with Crippen LogP contribution in [0.3, 0.4) is 0 Å². The molecular formula is C11H24N2O. The number of hydrogen-bond donors (Lipinski definition) is 1. The average Bonchev–Trinajstić information content (AvgIpc) is 2.19. The van der Waals surface area contributed by atoms with Crippen molar-refractivity contribution in [2.24, 2.45) is 5.73 Å². The molecule has 3 heteroatoms. The highest BCUT2D eigenvalue weighted by Crippen LogP contribution is 2.34. The predicted molar refractivity (Wildman–Crippen MR) is 59.4 cm³/mol. The van der Waals surface area contributed by atoms with Crippen LogP contribution in [-0.2, 0) is 4.74 Å². The smallest absolute Gasteiger partial charge is 0.0631 e. The molecule has 14 heavy (non-hydrogen) atoms. The van der Waals surface area contributed by atoms with Gasteiger partial charge in [0, 0.05) is 18.7 Å². The van der Waals surface area contributed by atoms with Crippen LogP contribution in [0.1, 0.15) is 32.1 Å². The zero-order valence-corrected chi connectivity index (χ0v) is 9.75. The lowest BCUT2D eigenvalue weighted by atomic mass is 9.76. The summed E-state index contributed by atoms with van der Waals surface area (Å²) in [6.45, 7) is 0.665. The Labute approximate surface area is 87.6 Å². The number of nitrogens with two attached hydrogens (primary N) is 1. The van der Waals surface area contributed by atoms with Gasteiger partial charge in [-0.15, -0.1) is 0 Å². The third-order valence-corrected chi connectivity index (χ3v) is 3.65. The minimum atomic E-state index is 0.141. The van der Waals surface area contributed by atoms with Crippen molar-refractivity contribution in [2.45, 2.75) is 43.7 Å². The highest BCUT2D eigenvalue weighted by Gasteiger charge is 2.39. The fraction of sp³-hybridized carbons (Fsp3) is 1.00. The summed E-state index contributed by atoms with van der Waals surface area (Å²) in [6.07, 6.45) is 6.38. The van der Waals surface area contributed by atoms with Gasteiger partial charge in [0.25, 0.3) is 0 Å². The molecule has 0 aliphatic heterocycles. The van der Waals surface area contributed by atoms with Crippen molar-refractivity contribution in [3.63, 3.8) is 0 Å². The second kappa shape index (κ2) is 5.10. The first-order valence-electron chi connectivity index (χ1n) is 5.55. The first-order valence-corrected chi connectivity index (χ1v) is 5.55. The molecule has 84 valence electrons. The van der Waals surface area contributed by atoms with E-state index < -0.39 is 0 Å². The van der Waals surface area contributed by atoms with Crippen LogP contribution in [0, 0.1) is 0 Å². The molecule has 0 bridgehead atoms. The molecule has 0 spiro atoms. The lowest BCUT2D eigenvalue weighted by molar-refractivity contribution is 0.0355. The number of ether oxygens (including phenoxy) is 1. The summed E-state index contributed by atoms with van der Waals surface area (Å²) < 4.78 is 5.18. The summed E-state index contributed by atoms with van der Waals surface area (Å²) >= 11 is 0. The van der Waals surface area contributed by atoms with E-state index in [4.69, 9.17) is 10.5 Å². The molecule has 0 heterocycles. The Balaban J connectivity index is 2.69. The summed E-state index contributed by atoms with van der Waals surface area (Å²) in [4.78, 5) is 2.30. The van der Waals surface area contributed by atoms with Crippen LogP contribution < -0.4 is 5.73 Å². The van der Waals surface area contributed by atoms with E-state index in [-0.39, 0.29) is 11.6 Å². The summed E-state index contributed by atoms with van der Waals surface area (Å²) in [5.41, 5.74) is 6.40. The van der Waals surface area contributed by atoms with Crippen LogP contribution >= 0.6 is 0 Å². The fourth-order valence-electron chi connectivity index (χ4n) is 2.65. The molecule has 2 N–H and O–H groups in total. The zero-order valence-electron chi connectivity index (χ0n) is 9.75. The molecule has 1 fully saturated rings. The van der Waals surface area contributed by atoms with Gasteiger partial charge in [-0.1, -0.05) is 19.3 Å². The molecule has 3 nitrogen and oxygen atoms in total. The van der Waals surface area contributed by atoms with Crippen LogP contribution in [0.15, 0.2) is 0 Å². The summed E-state index contributed by atoms with van der Waals surface area (Å²) in [5.74, 6) is 0. The Morgan fingerprint density at radius 1 is 1.29 bits per heavy atom. The molecule has 1 saturated carbocycles. The Kier molecular flexibility index (Phi) is 4.35. The van der Waals surface area contributed by atoms with Gasteiger partial charge >= 0.3 is 0 Å². The van der Waals surface area contributed by atoms with Gasteiger partial charge in [0.2, 0.25) is 0 Å². The largest absolute Gasteiger partial charge is 0.383 e. The quantitative estimate of drug-likeness (QED) is 0.741. The van der Waals surface area contributed by atoms with E-state index in [1.165, 1.54) is 32.1 Å². The average molecular weight is 200 g/mol. The second-order valence-electron chi connectivity index (χ2n) is 4.62. The molecule has 1 aliphatic carbocycles. The van der Waals surface area contributed by atoms with Gasteiger partial charge in [0.05, 0.1) is 6.61 Å². The van der Waals surface area contributed by atoms with Crippen LogP contribution in [0.4, 0.5) is 0 Å². The SMILES string of the molecule is COCC(N)C1(N(C)C)CCCCC1. The van der Waals surface area contributed by atoms with Gasteiger partial charge in [-0.3, -0.25) is 0 Å². The van der Waals surface area contributed by atoms with Gasteiger partial charge in [-0.05, 0) is 26.9 Å². The topological polar surface area (TPSA) is 38.5 Å². The summed E-state index contributed by atoms with van der Waals surface area (Å²) in [6, 6.07) is 0.141. The molecular weight excluding hydrogens is 176 g/mol. The molecule has 0 amide bonds. The van der Waals surface area contributed by atoms with E-state index in [1.54, 1.807) is 7.11 Å². The standard InChI is InChI=1S/C11H24N2O/c1-13(2)11(10(12)9-14-3)7-5-4-6-8-11/h10H,4-9,12H2,1-3H3. The van der Waals surface area contributed by atoms with Crippen LogP contribution in [-0.4, -0.2) is 44.3 Å². The van der Waals surface area contributed by atoms with E-state index >= 15 is 0 Å². The van der Waals surface area contributed by atoms with Crippen LogP contribution in [0.5, 0.6) is 0 Å².